The molecule has 0 aliphatic heterocycles. The molecule has 2 N–H and O–H groups in total. The van der Waals surface area contributed by atoms with E-state index in [1.165, 1.54) is 0 Å². The lowest BCUT2D eigenvalue weighted by Gasteiger charge is -2.18. The quantitative estimate of drug-likeness (QED) is 0.598. The molecule has 0 amide bonds. The van der Waals surface area contributed by atoms with Crippen LogP contribution in [0.1, 0.15) is 13.8 Å². The fourth-order valence-corrected chi connectivity index (χ4v) is 3.64. The second-order valence-corrected chi connectivity index (χ2v) is 7.60. The Labute approximate surface area is 163 Å². The Balaban J connectivity index is 2.09. The van der Waals surface area contributed by atoms with Gasteiger partial charge in [0.25, 0.3) is 0 Å². The molecule has 3 aromatic carbocycles. The highest BCUT2D eigenvalue weighted by atomic mass is 32.2. The topological polar surface area (TPSA) is 58.9 Å². The van der Waals surface area contributed by atoms with Crippen molar-refractivity contribution in [2.45, 2.75) is 35.8 Å². The number of aliphatic hydroxyl groups excluding tert-OH is 2. The zero-order valence-corrected chi connectivity index (χ0v) is 16.3. The van der Waals surface area contributed by atoms with E-state index in [1.54, 1.807) is 25.6 Å². The van der Waals surface area contributed by atoms with Gasteiger partial charge in [0.05, 0.1) is 17.1 Å². The molecular weight excluding hydrogens is 360 g/mol. The largest absolute Gasteiger partial charge is 0.490 e. The highest BCUT2D eigenvalue weighted by Crippen LogP contribution is 2.44. The maximum absolute atomic E-state index is 9.68. The lowest BCUT2D eigenvalue weighted by molar-refractivity contribution is 0.120. The van der Waals surface area contributed by atoms with Crippen LogP contribution in [0.5, 0.6) is 11.5 Å². The van der Waals surface area contributed by atoms with Crippen molar-refractivity contribution in [3.63, 3.8) is 0 Å². The molecule has 0 heterocycles. The van der Waals surface area contributed by atoms with Crippen LogP contribution in [0.15, 0.2) is 70.5 Å². The lowest BCUT2D eigenvalue weighted by Crippen LogP contribution is -2.14. The van der Waals surface area contributed by atoms with Gasteiger partial charge in [0.15, 0.2) is 0 Å². The van der Waals surface area contributed by atoms with E-state index in [9.17, 15) is 10.2 Å². The van der Waals surface area contributed by atoms with E-state index >= 15 is 0 Å². The molecule has 3 rings (SSSR count). The Bertz CT molecular complexity index is 878. The van der Waals surface area contributed by atoms with Crippen molar-refractivity contribution in [1.29, 1.82) is 0 Å². The minimum absolute atomic E-state index is 0.209. The monoisotopic (exact) mass is 384 g/mol. The van der Waals surface area contributed by atoms with Gasteiger partial charge in [0.1, 0.15) is 24.7 Å². The molecule has 0 saturated carbocycles. The van der Waals surface area contributed by atoms with Crippen LogP contribution >= 0.6 is 11.8 Å². The van der Waals surface area contributed by atoms with Crippen LogP contribution in [-0.4, -0.2) is 35.6 Å². The van der Waals surface area contributed by atoms with Crippen LogP contribution in [0, 0.1) is 0 Å². The van der Waals surface area contributed by atoms with Gasteiger partial charge in [-0.25, -0.2) is 0 Å². The second-order valence-electron chi connectivity index (χ2n) is 6.48. The van der Waals surface area contributed by atoms with Crippen molar-refractivity contribution >= 4 is 22.5 Å². The third-order valence-electron chi connectivity index (χ3n) is 3.84. The van der Waals surface area contributed by atoms with Crippen molar-refractivity contribution < 1.29 is 19.7 Å². The molecule has 0 aromatic heterocycles. The van der Waals surface area contributed by atoms with Gasteiger partial charge in [-0.3, -0.25) is 0 Å². The Morgan fingerprint density at radius 1 is 0.815 bits per heavy atom. The first kappa shape index (κ1) is 19.5. The van der Waals surface area contributed by atoms with E-state index in [0.717, 1.165) is 26.3 Å². The summed E-state index contributed by atoms with van der Waals surface area (Å²) < 4.78 is 11.9. The van der Waals surface area contributed by atoms with Crippen molar-refractivity contribution in [3.05, 3.63) is 60.7 Å². The summed E-state index contributed by atoms with van der Waals surface area (Å²) in [5.74, 6) is 1.43. The number of hydrogen-bond acceptors (Lipinski definition) is 5. The average Bonchev–Trinajstić information content (AvgIpc) is 2.66. The van der Waals surface area contributed by atoms with Crippen molar-refractivity contribution in [1.82, 2.24) is 0 Å². The predicted molar refractivity (Wildman–Crippen MR) is 109 cm³/mol. The Hall–Kier alpha value is -2.21. The molecule has 0 radical (unpaired) electrons. The lowest BCUT2D eigenvalue weighted by atomic mass is 10.1. The fourth-order valence-electron chi connectivity index (χ4n) is 2.67. The first-order valence-corrected chi connectivity index (χ1v) is 9.76. The number of hydrogen-bond donors (Lipinski definition) is 2. The predicted octanol–water partition coefficient (Wildman–Crippen LogP) is 4.51. The molecule has 142 valence electrons. The Morgan fingerprint density at radius 2 is 1.41 bits per heavy atom. The van der Waals surface area contributed by atoms with Gasteiger partial charge in [-0.1, -0.05) is 54.2 Å². The van der Waals surface area contributed by atoms with Gasteiger partial charge in [-0.05, 0) is 32.0 Å². The summed E-state index contributed by atoms with van der Waals surface area (Å²) in [6.45, 7) is 3.82. The van der Waals surface area contributed by atoms with Crippen LogP contribution in [0.4, 0.5) is 0 Å². The third kappa shape index (κ3) is 5.16. The molecule has 4 nitrogen and oxygen atoms in total. The van der Waals surface area contributed by atoms with Crippen LogP contribution in [0.2, 0.25) is 0 Å². The van der Waals surface area contributed by atoms with E-state index in [0.29, 0.717) is 5.75 Å². The molecular formula is C22H24O4S. The molecule has 0 bridgehead atoms. The molecule has 0 aliphatic rings. The fraction of sp³-hybridized carbons (Fsp3) is 0.273. The first-order valence-electron chi connectivity index (χ1n) is 8.95. The van der Waals surface area contributed by atoms with E-state index in [4.69, 9.17) is 9.47 Å². The average molecular weight is 384 g/mol. The third-order valence-corrected chi connectivity index (χ3v) is 4.87. The van der Waals surface area contributed by atoms with Crippen LogP contribution in [0.3, 0.4) is 0 Å². The zero-order chi connectivity index (χ0) is 19.2. The number of aliphatic hydroxyl groups is 2. The van der Waals surface area contributed by atoms with Crippen LogP contribution in [-0.2, 0) is 0 Å². The summed E-state index contributed by atoms with van der Waals surface area (Å²) in [6.07, 6.45) is -1.12. The van der Waals surface area contributed by atoms with E-state index in [-0.39, 0.29) is 13.2 Å². The minimum Gasteiger partial charge on any atom is -0.490 e. The smallest absolute Gasteiger partial charge is 0.141 e. The number of fused-ring (bicyclic) bond motifs is 1. The summed E-state index contributed by atoms with van der Waals surface area (Å²) >= 11 is 1.58. The van der Waals surface area contributed by atoms with Crippen molar-refractivity contribution in [2.75, 3.05) is 13.2 Å². The van der Waals surface area contributed by atoms with Gasteiger partial charge in [-0.2, -0.15) is 0 Å². The maximum atomic E-state index is 9.68. The van der Waals surface area contributed by atoms with Crippen LogP contribution in [0.25, 0.3) is 10.8 Å². The second kappa shape index (κ2) is 9.13. The standard InChI is InChI=1S/C22H24O4S/c1-15(23)13-25-20-12-21(27-17-8-4-3-5-9-17)22(26-14-16(2)24)19-11-7-6-10-18(19)20/h3-12,15-16,23-24H,13-14H2,1-2H3. The van der Waals surface area contributed by atoms with Gasteiger partial charge >= 0.3 is 0 Å². The molecule has 5 heteroatoms. The normalized spacial score (nSPS) is 13.3. The number of rotatable bonds is 8. The highest BCUT2D eigenvalue weighted by Gasteiger charge is 2.16. The molecule has 0 saturated heterocycles. The molecule has 0 aliphatic carbocycles. The maximum Gasteiger partial charge on any atom is 0.141 e. The summed E-state index contributed by atoms with van der Waals surface area (Å²) in [5.41, 5.74) is 0. The van der Waals surface area contributed by atoms with Gasteiger partial charge in [0.2, 0.25) is 0 Å². The van der Waals surface area contributed by atoms with E-state index in [2.05, 4.69) is 0 Å². The molecule has 2 unspecified atom stereocenters. The van der Waals surface area contributed by atoms with Crippen LogP contribution < -0.4 is 9.47 Å². The molecule has 0 spiro atoms. The summed E-state index contributed by atoms with van der Waals surface area (Å²) in [5, 5.41) is 21.1. The first-order chi connectivity index (χ1) is 13.0. The number of benzene rings is 3. The summed E-state index contributed by atoms with van der Waals surface area (Å²) in [6, 6.07) is 19.8. The minimum atomic E-state index is -0.565. The van der Waals surface area contributed by atoms with Crippen molar-refractivity contribution in [3.8, 4) is 11.5 Å². The molecule has 3 aromatic rings. The number of ether oxygens (including phenoxy) is 2. The Morgan fingerprint density at radius 3 is 2.07 bits per heavy atom. The van der Waals surface area contributed by atoms with Gasteiger partial charge < -0.3 is 19.7 Å². The Kier molecular flexibility index (Phi) is 6.61. The summed E-state index contributed by atoms with van der Waals surface area (Å²) in [4.78, 5) is 1.98. The molecule has 27 heavy (non-hydrogen) atoms. The molecule has 2 atom stereocenters. The van der Waals surface area contributed by atoms with Crippen molar-refractivity contribution in [2.24, 2.45) is 0 Å². The summed E-state index contributed by atoms with van der Waals surface area (Å²) in [7, 11) is 0. The molecule has 0 fully saturated rings. The zero-order valence-electron chi connectivity index (χ0n) is 15.5. The SMILES string of the molecule is CC(O)COc1cc(Sc2ccccc2)c(OCC(C)O)c2ccccc12. The van der Waals surface area contributed by atoms with Gasteiger partial charge in [0, 0.05) is 15.7 Å². The van der Waals surface area contributed by atoms with E-state index < -0.39 is 12.2 Å². The van der Waals surface area contributed by atoms with E-state index in [1.807, 2.05) is 60.7 Å². The highest BCUT2D eigenvalue weighted by molar-refractivity contribution is 7.99. The van der Waals surface area contributed by atoms with Gasteiger partial charge in [-0.15, -0.1) is 0 Å².